The Morgan fingerprint density at radius 2 is 2.40 bits per heavy atom. The quantitative estimate of drug-likeness (QED) is 0.698. The molecule has 1 aromatic rings. The number of pyridine rings is 1. The van der Waals surface area contributed by atoms with E-state index in [-0.39, 0.29) is 5.69 Å². The predicted molar refractivity (Wildman–Crippen MR) is 51.7 cm³/mol. The lowest BCUT2D eigenvalue weighted by Gasteiger charge is -1.97. The van der Waals surface area contributed by atoms with Gasteiger partial charge in [-0.1, -0.05) is 5.92 Å². The molecular weight excluding hydrogens is 199 g/mol. The number of carboxylic acid groups (broad SMARTS) is 1. The largest absolute Gasteiger partial charge is 0.478 e. The molecule has 15 heavy (non-hydrogen) atoms. The molecule has 0 aliphatic carbocycles. The zero-order valence-corrected chi connectivity index (χ0v) is 7.83. The third-order valence-corrected chi connectivity index (χ3v) is 1.60. The summed E-state index contributed by atoms with van der Waals surface area (Å²) in [4.78, 5) is 14.2. The van der Waals surface area contributed by atoms with Crippen LogP contribution in [0.5, 0.6) is 0 Å². The second-order valence-electron chi connectivity index (χ2n) is 2.67. The summed E-state index contributed by atoms with van der Waals surface area (Å²) in [5.74, 6) is 2.77. The number of carboxylic acids is 1. The Kier molecular flexibility index (Phi) is 3.77. The van der Waals surface area contributed by atoms with Crippen LogP contribution >= 0.6 is 0 Å². The summed E-state index contributed by atoms with van der Waals surface area (Å²) in [6.07, 6.45) is 1.62. The Morgan fingerprint density at radius 1 is 1.67 bits per heavy atom. The van der Waals surface area contributed by atoms with Gasteiger partial charge in [-0.25, -0.2) is 14.2 Å². The van der Waals surface area contributed by atoms with E-state index in [0.29, 0.717) is 13.0 Å². The average Bonchev–Trinajstić information content (AvgIpc) is 2.20. The molecule has 4 nitrogen and oxygen atoms in total. The molecule has 0 saturated carbocycles. The highest BCUT2D eigenvalue weighted by Gasteiger charge is 2.13. The van der Waals surface area contributed by atoms with Gasteiger partial charge in [-0.2, -0.15) is 0 Å². The minimum Gasteiger partial charge on any atom is -0.478 e. The smallest absolute Gasteiger partial charge is 0.338 e. The summed E-state index contributed by atoms with van der Waals surface area (Å²) in [6.45, 7) is 0.368. The predicted octanol–water partition coefficient (Wildman–Crippen LogP) is 0.619. The summed E-state index contributed by atoms with van der Waals surface area (Å²) in [6, 6.07) is 1.09. The molecular formula is C10H9FN2O2. The third-order valence-electron chi connectivity index (χ3n) is 1.60. The molecule has 1 heterocycles. The van der Waals surface area contributed by atoms with Crippen LogP contribution in [0.2, 0.25) is 0 Å². The maximum atomic E-state index is 13.4. The van der Waals surface area contributed by atoms with Gasteiger partial charge in [-0.15, -0.1) is 0 Å². The normalized spacial score (nSPS) is 9.20. The minimum absolute atomic E-state index is 0.164. The molecule has 0 fully saturated rings. The Balaban J connectivity index is 3.06. The van der Waals surface area contributed by atoms with Gasteiger partial charge in [0.25, 0.3) is 0 Å². The number of hydrogen-bond acceptors (Lipinski definition) is 3. The summed E-state index contributed by atoms with van der Waals surface area (Å²) < 4.78 is 13.4. The van der Waals surface area contributed by atoms with Crippen molar-refractivity contribution in [2.75, 3.05) is 6.54 Å². The van der Waals surface area contributed by atoms with Gasteiger partial charge >= 0.3 is 5.97 Å². The monoisotopic (exact) mass is 208 g/mol. The number of aromatic carboxylic acids is 1. The fourth-order valence-electron chi connectivity index (χ4n) is 0.914. The molecule has 0 unspecified atom stereocenters. The first kappa shape index (κ1) is 11.1. The number of nitrogens with two attached hydrogens (primary N) is 1. The number of rotatable bonds is 2. The standard InChI is InChI=1S/C10H9FN2O2/c11-9-7(10(14)15)4-6-13-8(9)3-1-2-5-12/h4,6H,2,5,12H2,(H,14,15). The fraction of sp³-hybridized carbons (Fsp3) is 0.200. The maximum Gasteiger partial charge on any atom is 0.338 e. The van der Waals surface area contributed by atoms with Crippen molar-refractivity contribution in [2.24, 2.45) is 5.73 Å². The van der Waals surface area contributed by atoms with Crippen LogP contribution < -0.4 is 5.73 Å². The van der Waals surface area contributed by atoms with Gasteiger partial charge in [0, 0.05) is 19.2 Å². The molecule has 5 heteroatoms. The maximum absolute atomic E-state index is 13.4. The van der Waals surface area contributed by atoms with Crippen molar-refractivity contribution >= 4 is 5.97 Å². The number of hydrogen-bond donors (Lipinski definition) is 2. The van der Waals surface area contributed by atoms with Crippen LogP contribution in [0.3, 0.4) is 0 Å². The Hall–Kier alpha value is -1.93. The van der Waals surface area contributed by atoms with E-state index in [9.17, 15) is 9.18 Å². The third kappa shape index (κ3) is 2.76. The van der Waals surface area contributed by atoms with Crippen molar-refractivity contribution < 1.29 is 14.3 Å². The van der Waals surface area contributed by atoms with E-state index in [2.05, 4.69) is 16.8 Å². The molecule has 0 bridgehead atoms. The van der Waals surface area contributed by atoms with E-state index >= 15 is 0 Å². The lowest BCUT2D eigenvalue weighted by molar-refractivity contribution is 0.0691. The Morgan fingerprint density at radius 3 is 3.00 bits per heavy atom. The molecule has 0 atom stereocenters. The number of carbonyl (C=O) groups is 1. The molecule has 0 spiro atoms. The summed E-state index contributed by atoms with van der Waals surface area (Å²) in [5, 5.41) is 8.63. The fourth-order valence-corrected chi connectivity index (χ4v) is 0.914. The van der Waals surface area contributed by atoms with Gasteiger partial charge in [0.15, 0.2) is 5.82 Å². The molecule has 0 aromatic carbocycles. The van der Waals surface area contributed by atoms with Crippen molar-refractivity contribution in [1.82, 2.24) is 4.98 Å². The van der Waals surface area contributed by atoms with Crippen molar-refractivity contribution in [3.8, 4) is 11.8 Å². The molecule has 0 aliphatic rings. The van der Waals surface area contributed by atoms with Crippen LogP contribution in [0.1, 0.15) is 22.5 Å². The van der Waals surface area contributed by atoms with Crippen LogP contribution in [-0.4, -0.2) is 22.6 Å². The van der Waals surface area contributed by atoms with Crippen LogP contribution in [0, 0.1) is 17.7 Å². The van der Waals surface area contributed by atoms with Gasteiger partial charge in [0.1, 0.15) is 5.69 Å². The van der Waals surface area contributed by atoms with E-state index in [1.807, 2.05) is 0 Å². The SMILES string of the molecule is NCCC#Cc1nccc(C(=O)O)c1F. The van der Waals surface area contributed by atoms with Crippen molar-refractivity contribution in [3.05, 3.63) is 29.3 Å². The van der Waals surface area contributed by atoms with Crippen LogP contribution in [0.15, 0.2) is 12.3 Å². The first-order valence-electron chi connectivity index (χ1n) is 4.23. The molecule has 0 aliphatic heterocycles. The molecule has 1 aromatic heterocycles. The second kappa shape index (κ2) is 5.08. The summed E-state index contributed by atoms with van der Waals surface area (Å²) in [7, 11) is 0. The van der Waals surface area contributed by atoms with Crippen molar-refractivity contribution in [3.63, 3.8) is 0 Å². The van der Waals surface area contributed by atoms with Gasteiger partial charge in [0.2, 0.25) is 0 Å². The van der Waals surface area contributed by atoms with Crippen LogP contribution in [0.25, 0.3) is 0 Å². The highest BCUT2D eigenvalue weighted by molar-refractivity contribution is 5.88. The number of nitrogens with zero attached hydrogens (tertiary/aromatic N) is 1. The van der Waals surface area contributed by atoms with Crippen LogP contribution in [-0.2, 0) is 0 Å². The summed E-state index contributed by atoms with van der Waals surface area (Å²) in [5.41, 5.74) is 4.61. The van der Waals surface area contributed by atoms with Crippen molar-refractivity contribution in [2.45, 2.75) is 6.42 Å². The Labute approximate surface area is 85.9 Å². The number of aromatic nitrogens is 1. The van der Waals surface area contributed by atoms with Crippen LogP contribution in [0.4, 0.5) is 4.39 Å². The highest BCUT2D eigenvalue weighted by Crippen LogP contribution is 2.09. The zero-order valence-electron chi connectivity index (χ0n) is 7.83. The van der Waals surface area contributed by atoms with E-state index < -0.39 is 17.3 Å². The van der Waals surface area contributed by atoms with E-state index in [1.54, 1.807) is 0 Å². The van der Waals surface area contributed by atoms with Gasteiger partial charge < -0.3 is 10.8 Å². The lowest BCUT2D eigenvalue weighted by Crippen LogP contribution is -2.03. The molecule has 0 radical (unpaired) electrons. The first-order valence-corrected chi connectivity index (χ1v) is 4.23. The molecule has 78 valence electrons. The molecule has 0 saturated heterocycles. The Bertz CT molecular complexity index is 435. The highest BCUT2D eigenvalue weighted by atomic mass is 19.1. The van der Waals surface area contributed by atoms with Gasteiger partial charge in [-0.05, 0) is 12.0 Å². The first-order chi connectivity index (χ1) is 7.16. The number of halogens is 1. The van der Waals surface area contributed by atoms with Crippen molar-refractivity contribution in [1.29, 1.82) is 0 Å². The van der Waals surface area contributed by atoms with E-state index in [0.717, 1.165) is 6.07 Å². The minimum atomic E-state index is -1.34. The molecule has 0 amide bonds. The summed E-state index contributed by atoms with van der Waals surface area (Å²) >= 11 is 0. The zero-order chi connectivity index (χ0) is 11.3. The lowest BCUT2D eigenvalue weighted by atomic mass is 10.2. The van der Waals surface area contributed by atoms with Gasteiger partial charge in [-0.3, -0.25) is 0 Å². The molecule has 1 rings (SSSR count). The van der Waals surface area contributed by atoms with Gasteiger partial charge in [0.05, 0.1) is 5.56 Å². The molecule has 3 N–H and O–H groups in total. The van der Waals surface area contributed by atoms with E-state index in [1.165, 1.54) is 6.20 Å². The topological polar surface area (TPSA) is 76.2 Å². The van der Waals surface area contributed by atoms with E-state index in [4.69, 9.17) is 10.8 Å². The second-order valence-corrected chi connectivity index (χ2v) is 2.67. The average molecular weight is 208 g/mol.